The van der Waals surface area contributed by atoms with Gasteiger partial charge in [-0.1, -0.05) is 17.7 Å². The second-order valence-corrected chi connectivity index (χ2v) is 7.06. The minimum Gasteiger partial charge on any atom is -0.491 e. The molecule has 2 aliphatic heterocycles. The molecule has 1 amide bonds. The molecule has 0 aromatic heterocycles. The van der Waals surface area contributed by atoms with E-state index in [-0.39, 0.29) is 12.0 Å². The van der Waals surface area contributed by atoms with E-state index in [1.54, 1.807) is 0 Å². The summed E-state index contributed by atoms with van der Waals surface area (Å²) in [5.74, 6) is 0.923. The molecule has 6 nitrogen and oxygen atoms in total. The second-order valence-electron chi connectivity index (χ2n) is 7.06. The van der Waals surface area contributed by atoms with Gasteiger partial charge in [-0.05, 0) is 31.9 Å². The van der Waals surface area contributed by atoms with Gasteiger partial charge in [0.25, 0.3) is 5.91 Å². The Morgan fingerprint density at radius 3 is 2.72 bits per heavy atom. The lowest BCUT2D eigenvalue weighted by Crippen LogP contribution is -3.16. The fourth-order valence-corrected chi connectivity index (χ4v) is 3.44. The monoisotopic (exact) mass is 349 g/mol. The molecule has 1 aromatic rings. The van der Waals surface area contributed by atoms with Gasteiger partial charge in [0.1, 0.15) is 31.1 Å². The maximum absolute atomic E-state index is 12.3. The van der Waals surface area contributed by atoms with E-state index in [0.717, 1.165) is 44.8 Å². The van der Waals surface area contributed by atoms with Crippen LogP contribution in [0.2, 0.25) is 0 Å². The summed E-state index contributed by atoms with van der Waals surface area (Å²) >= 11 is 0. The van der Waals surface area contributed by atoms with Crippen molar-refractivity contribution in [2.45, 2.75) is 32.0 Å². The molecule has 2 N–H and O–H groups in total. The minimum atomic E-state index is -0.503. The first-order valence-electron chi connectivity index (χ1n) is 9.23. The number of aryl methyl sites for hydroxylation is 1. The summed E-state index contributed by atoms with van der Waals surface area (Å²) in [5, 5.41) is 10.2. The lowest BCUT2D eigenvalue weighted by molar-refractivity contribution is -0.907. The van der Waals surface area contributed by atoms with Gasteiger partial charge in [0.15, 0.2) is 0 Å². The lowest BCUT2D eigenvalue weighted by Gasteiger charge is -2.34. The van der Waals surface area contributed by atoms with Crippen LogP contribution < -0.4 is 9.64 Å². The van der Waals surface area contributed by atoms with Crippen LogP contribution in [0.1, 0.15) is 18.4 Å². The van der Waals surface area contributed by atoms with Gasteiger partial charge >= 0.3 is 0 Å². The highest BCUT2D eigenvalue weighted by Gasteiger charge is 2.32. The van der Waals surface area contributed by atoms with Crippen molar-refractivity contribution in [2.75, 3.05) is 45.9 Å². The van der Waals surface area contributed by atoms with Gasteiger partial charge in [-0.15, -0.1) is 0 Å². The number of hydrogen-bond donors (Lipinski definition) is 2. The van der Waals surface area contributed by atoms with Crippen molar-refractivity contribution >= 4 is 5.91 Å². The first-order valence-corrected chi connectivity index (χ1v) is 9.23. The topological polar surface area (TPSA) is 63.4 Å². The number of ether oxygens (including phenoxy) is 2. The van der Waals surface area contributed by atoms with Gasteiger partial charge in [0.2, 0.25) is 0 Å². The fraction of sp³-hybridized carbons (Fsp3) is 0.632. The van der Waals surface area contributed by atoms with Crippen molar-refractivity contribution in [1.82, 2.24) is 4.90 Å². The summed E-state index contributed by atoms with van der Waals surface area (Å²) in [7, 11) is 0. The zero-order chi connectivity index (χ0) is 17.6. The van der Waals surface area contributed by atoms with E-state index >= 15 is 0 Å². The van der Waals surface area contributed by atoms with Crippen LogP contribution in [0.4, 0.5) is 0 Å². The van der Waals surface area contributed by atoms with Crippen molar-refractivity contribution in [3.05, 3.63) is 29.8 Å². The number of aliphatic hydroxyl groups is 1. The highest BCUT2D eigenvalue weighted by Crippen LogP contribution is 2.14. The Bertz CT molecular complexity index is 549. The van der Waals surface area contributed by atoms with Gasteiger partial charge in [-0.3, -0.25) is 4.79 Å². The Hall–Kier alpha value is -1.63. The number of benzene rings is 1. The summed E-state index contributed by atoms with van der Waals surface area (Å²) in [5.41, 5.74) is 1.19. The number of quaternary nitrogens is 1. The van der Waals surface area contributed by atoms with E-state index in [1.807, 2.05) is 36.1 Å². The first kappa shape index (κ1) is 18.2. The average Bonchev–Trinajstić information content (AvgIpc) is 3.16. The SMILES string of the molecule is Cc1ccc(OC[C@@H](O)C[NH+]2CCN(C(=O)[C@@H]3CCCO3)CC2)cc1. The molecule has 0 bridgehead atoms. The van der Waals surface area contributed by atoms with Gasteiger partial charge in [-0.2, -0.15) is 0 Å². The Morgan fingerprint density at radius 2 is 2.08 bits per heavy atom. The number of nitrogens with zero attached hydrogens (tertiary/aromatic N) is 1. The molecule has 0 unspecified atom stereocenters. The lowest BCUT2D eigenvalue weighted by atomic mass is 10.2. The Morgan fingerprint density at radius 1 is 1.36 bits per heavy atom. The number of nitrogens with one attached hydrogen (secondary N) is 1. The van der Waals surface area contributed by atoms with E-state index in [1.165, 1.54) is 10.5 Å². The fourth-order valence-electron chi connectivity index (χ4n) is 3.44. The molecule has 2 heterocycles. The van der Waals surface area contributed by atoms with E-state index in [2.05, 4.69) is 0 Å². The molecule has 6 heteroatoms. The van der Waals surface area contributed by atoms with Crippen molar-refractivity contribution < 1.29 is 24.3 Å². The van der Waals surface area contributed by atoms with Crippen LogP contribution in [0.3, 0.4) is 0 Å². The molecule has 138 valence electrons. The Labute approximate surface area is 149 Å². The first-order chi connectivity index (χ1) is 12.1. The molecule has 1 aromatic carbocycles. The number of carbonyl (C=O) groups excluding carboxylic acids is 1. The predicted molar refractivity (Wildman–Crippen MR) is 93.8 cm³/mol. The van der Waals surface area contributed by atoms with Crippen LogP contribution in [0.15, 0.2) is 24.3 Å². The zero-order valence-electron chi connectivity index (χ0n) is 14.9. The third-order valence-corrected chi connectivity index (χ3v) is 4.98. The average molecular weight is 349 g/mol. The second kappa shape index (κ2) is 8.65. The number of hydrogen-bond acceptors (Lipinski definition) is 4. The van der Waals surface area contributed by atoms with Crippen LogP contribution in [0, 0.1) is 6.92 Å². The zero-order valence-corrected chi connectivity index (χ0v) is 14.9. The van der Waals surface area contributed by atoms with E-state index in [9.17, 15) is 9.90 Å². The quantitative estimate of drug-likeness (QED) is 0.736. The predicted octanol–water partition coefficient (Wildman–Crippen LogP) is -0.359. The smallest absolute Gasteiger partial charge is 0.252 e. The number of amides is 1. The van der Waals surface area contributed by atoms with Crippen molar-refractivity contribution in [1.29, 1.82) is 0 Å². The largest absolute Gasteiger partial charge is 0.491 e. The minimum absolute atomic E-state index is 0.139. The van der Waals surface area contributed by atoms with E-state index in [0.29, 0.717) is 19.8 Å². The van der Waals surface area contributed by atoms with E-state index < -0.39 is 6.10 Å². The normalized spacial score (nSPS) is 22.8. The maximum Gasteiger partial charge on any atom is 0.252 e. The highest BCUT2D eigenvalue weighted by atomic mass is 16.5. The van der Waals surface area contributed by atoms with Crippen LogP contribution in [-0.2, 0) is 9.53 Å². The molecule has 0 radical (unpaired) electrons. The molecule has 3 rings (SSSR count). The van der Waals surface area contributed by atoms with Crippen LogP contribution in [-0.4, -0.2) is 74.1 Å². The van der Waals surface area contributed by atoms with Crippen molar-refractivity contribution in [3.8, 4) is 5.75 Å². The van der Waals surface area contributed by atoms with Crippen LogP contribution in [0.25, 0.3) is 0 Å². The van der Waals surface area contributed by atoms with Crippen LogP contribution in [0.5, 0.6) is 5.75 Å². The van der Waals surface area contributed by atoms with Crippen molar-refractivity contribution in [2.24, 2.45) is 0 Å². The molecular formula is C19H29N2O4+. The third-order valence-electron chi connectivity index (χ3n) is 4.98. The molecule has 2 atom stereocenters. The Kier molecular flexibility index (Phi) is 6.29. The summed E-state index contributed by atoms with van der Waals surface area (Å²) in [6.45, 7) is 6.87. The number of aliphatic hydroxyl groups excluding tert-OH is 1. The molecule has 2 fully saturated rings. The molecule has 2 saturated heterocycles. The third kappa shape index (κ3) is 5.17. The summed E-state index contributed by atoms with van der Waals surface area (Å²) in [6.07, 6.45) is 1.10. The molecule has 2 aliphatic rings. The maximum atomic E-state index is 12.3. The Balaban J connectivity index is 1.36. The highest BCUT2D eigenvalue weighted by molar-refractivity contribution is 5.81. The summed E-state index contributed by atoms with van der Waals surface area (Å²) in [6, 6.07) is 7.84. The summed E-state index contributed by atoms with van der Waals surface area (Å²) in [4.78, 5) is 15.6. The number of piperazine rings is 1. The van der Waals surface area contributed by atoms with Crippen LogP contribution >= 0.6 is 0 Å². The molecular weight excluding hydrogens is 320 g/mol. The molecule has 0 aliphatic carbocycles. The van der Waals surface area contributed by atoms with Gasteiger partial charge < -0.3 is 24.4 Å². The van der Waals surface area contributed by atoms with E-state index in [4.69, 9.17) is 9.47 Å². The number of rotatable bonds is 6. The molecule has 25 heavy (non-hydrogen) atoms. The molecule has 0 spiro atoms. The standard InChI is InChI=1S/C19H28N2O4/c1-15-4-6-17(7-5-15)25-14-16(22)13-20-8-10-21(11-9-20)19(23)18-3-2-12-24-18/h4-7,16,18,22H,2-3,8-14H2,1H3/p+1/t16-,18-/m0/s1. The van der Waals surface area contributed by atoms with Crippen molar-refractivity contribution in [3.63, 3.8) is 0 Å². The van der Waals surface area contributed by atoms with Gasteiger partial charge in [0.05, 0.1) is 26.2 Å². The van der Waals surface area contributed by atoms with Gasteiger partial charge in [-0.25, -0.2) is 0 Å². The molecule has 0 saturated carbocycles. The summed E-state index contributed by atoms with van der Waals surface area (Å²) < 4.78 is 11.1. The number of carbonyl (C=O) groups is 1. The van der Waals surface area contributed by atoms with Gasteiger partial charge in [0, 0.05) is 6.61 Å².